The van der Waals surface area contributed by atoms with E-state index in [0.717, 1.165) is 0 Å². The summed E-state index contributed by atoms with van der Waals surface area (Å²) in [5, 5.41) is 2.70. The normalized spacial score (nSPS) is 10.6. The quantitative estimate of drug-likeness (QED) is 0.574. The van der Waals surface area contributed by atoms with E-state index in [4.69, 9.17) is 21.8 Å². The number of benzene rings is 2. The maximum absolute atomic E-state index is 13.2. The Hall–Kier alpha value is -2.31. The van der Waals surface area contributed by atoms with Gasteiger partial charge in [0, 0.05) is 15.7 Å². The third kappa shape index (κ3) is 3.44. The van der Waals surface area contributed by atoms with Crippen LogP contribution in [0.1, 0.15) is 10.6 Å². The zero-order chi connectivity index (χ0) is 17.3. The summed E-state index contributed by atoms with van der Waals surface area (Å²) in [4.78, 5) is 12.3. The number of carbonyl (C=O) groups excluding carboxylic acids is 1. The van der Waals surface area contributed by atoms with Gasteiger partial charge < -0.3 is 15.5 Å². The summed E-state index contributed by atoms with van der Waals surface area (Å²) in [6.45, 7) is 0. The van der Waals surface area contributed by atoms with Crippen LogP contribution in [0, 0.1) is 5.82 Å². The van der Waals surface area contributed by atoms with Gasteiger partial charge in [0.2, 0.25) is 0 Å². The van der Waals surface area contributed by atoms with Gasteiger partial charge in [0.25, 0.3) is 5.91 Å². The first-order chi connectivity index (χ1) is 11.4. The zero-order valence-electron chi connectivity index (χ0n) is 12.1. The van der Waals surface area contributed by atoms with Crippen molar-refractivity contribution in [3.8, 4) is 11.3 Å². The van der Waals surface area contributed by atoms with Crippen molar-refractivity contribution in [1.82, 2.24) is 0 Å². The number of carbonyl (C=O) groups is 1. The van der Waals surface area contributed by atoms with Crippen molar-refractivity contribution >= 4 is 44.8 Å². The van der Waals surface area contributed by atoms with E-state index in [9.17, 15) is 9.18 Å². The topological polar surface area (TPSA) is 68.3 Å². The number of nitrogens with two attached hydrogens (primary N) is 1. The summed E-state index contributed by atoms with van der Waals surface area (Å²) in [5.74, 6) is -0.398. The van der Waals surface area contributed by atoms with Crippen LogP contribution in [0.25, 0.3) is 11.3 Å². The maximum Gasteiger partial charge on any atom is 0.291 e. The highest BCUT2D eigenvalue weighted by Crippen LogP contribution is 2.28. The fourth-order valence-corrected chi connectivity index (χ4v) is 2.76. The predicted octanol–water partition coefficient (Wildman–Crippen LogP) is 5.34. The van der Waals surface area contributed by atoms with Crippen molar-refractivity contribution in [1.29, 1.82) is 0 Å². The van der Waals surface area contributed by atoms with Crippen molar-refractivity contribution in [3.05, 3.63) is 69.6 Å². The third-order valence-electron chi connectivity index (χ3n) is 3.28. The zero-order valence-corrected chi connectivity index (χ0v) is 14.5. The number of amides is 1. The minimum absolute atomic E-state index is 0.0132. The third-order valence-corrected chi connectivity index (χ3v) is 4.22. The molecule has 0 saturated carbocycles. The van der Waals surface area contributed by atoms with Gasteiger partial charge in [0.15, 0.2) is 5.76 Å². The van der Waals surface area contributed by atoms with Crippen LogP contribution >= 0.6 is 27.5 Å². The predicted molar refractivity (Wildman–Crippen MR) is 95.6 cm³/mol. The van der Waals surface area contributed by atoms with Crippen molar-refractivity contribution in [2.75, 3.05) is 11.1 Å². The molecule has 0 fully saturated rings. The van der Waals surface area contributed by atoms with Gasteiger partial charge in [-0.1, -0.05) is 11.6 Å². The molecule has 1 heterocycles. The van der Waals surface area contributed by atoms with E-state index in [1.807, 2.05) is 0 Å². The lowest BCUT2D eigenvalue weighted by atomic mass is 10.2. The molecule has 7 heteroatoms. The first-order valence-electron chi connectivity index (χ1n) is 6.85. The Bertz CT molecular complexity index is 927. The summed E-state index contributed by atoms with van der Waals surface area (Å²) >= 11 is 9.09. The van der Waals surface area contributed by atoms with Crippen LogP contribution < -0.4 is 11.1 Å². The highest BCUT2D eigenvalue weighted by molar-refractivity contribution is 9.10. The molecule has 3 aromatic rings. The average molecular weight is 410 g/mol. The fraction of sp³-hybridized carbons (Fsp3) is 0. The standard InChI is InChI=1S/C17H11BrClFN2O2/c18-11-8-10(21)2-4-14(11)22-17(23)16-6-5-15(24-16)9-1-3-13(20)12(19)7-9/h1-8H,21H2,(H,22,23). The number of nitrogens with one attached hydrogen (secondary N) is 1. The van der Waals surface area contributed by atoms with Gasteiger partial charge in [-0.2, -0.15) is 0 Å². The maximum atomic E-state index is 13.2. The highest BCUT2D eigenvalue weighted by atomic mass is 79.9. The Morgan fingerprint density at radius 1 is 1.17 bits per heavy atom. The second-order valence-corrected chi connectivity index (χ2v) is 6.25. The van der Waals surface area contributed by atoms with E-state index < -0.39 is 11.7 Å². The van der Waals surface area contributed by atoms with E-state index in [1.165, 1.54) is 24.3 Å². The summed E-state index contributed by atoms with van der Waals surface area (Å²) in [5.41, 5.74) is 7.38. The molecule has 1 amide bonds. The van der Waals surface area contributed by atoms with Crippen LogP contribution in [0.5, 0.6) is 0 Å². The lowest BCUT2D eigenvalue weighted by Gasteiger charge is -2.06. The molecule has 4 nitrogen and oxygen atoms in total. The molecule has 24 heavy (non-hydrogen) atoms. The van der Waals surface area contributed by atoms with Crippen LogP contribution in [0.15, 0.2) is 57.4 Å². The van der Waals surface area contributed by atoms with E-state index in [2.05, 4.69) is 21.2 Å². The first-order valence-corrected chi connectivity index (χ1v) is 8.03. The summed E-state index contributed by atoms with van der Waals surface area (Å²) in [7, 11) is 0. The van der Waals surface area contributed by atoms with Gasteiger partial charge in [-0.15, -0.1) is 0 Å². The number of nitrogen functional groups attached to an aromatic ring is 1. The Morgan fingerprint density at radius 2 is 1.96 bits per heavy atom. The molecule has 0 aliphatic rings. The lowest BCUT2D eigenvalue weighted by Crippen LogP contribution is -2.11. The Kier molecular flexibility index (Phi) is 4.59. The SMILES string of the molecule is Nc1ccc(NC(=O)c2ccc(-c3ccc(F)c(Cl)c3)o2)c(Br)c1. The molecule has 122 valence electrons. The second kappa shape index (κ2) is 6.67. The lowest BCUT2D eigenvalue weighted by molar-refractivity contribution is 0.0997. The van der Waals surface area contributed by atoms with Crippen molar-refractivity contribution in [2.45, 2.75) is 0 Å². The van der Waals surface area contributed by atoms with Crippen LogP contribution in [-0.2, 0) is 0 Å². The molecule has 0 bridgehead atoms. The summed E-state index contributed by atoms with van der Waals surface area (Å²) in [6, 6.07) is 12.4. The van der Waals surface area contributed by atoms with Crippen molar-refractivity contribution in [3.63, 3.8) is 0 Å². The van der Waals surface area contributed by atoms with E-state index in [-0.39, 0.29) is 10.8 Å². The van der Waals surface area contributed by atoms with Gasteiger partial charge in [-0.3, -0.25) is 4.79 Å². The number of halogens is 3. The average Bonchev–Trinajstić information content (AvgIpc) is 3.03. The molecule has 3 rings (SSSR count). The number of rotatable bonds is 3. The van der Waals surface area contributed by atoms with Gasteiger partial charge >= 0.3 is 0 Å². The molecule has 2 aromatic carbocycles. The van der Waals surface area contributed by atoms with Crippen LogP contribution in [0.3, 0.4) is 0 Å². The summed E-state index contributed by atoms with van der Waals surface area (Å²) < 4.78 is 19.4. The monoisotopic (exact) mass is 408 g/mol. The molecule has 0 unspecified atom stereocenters. The van der Waals surface area contributed by atoms with E-state index in [1.54, 1.807) is 24.3 Å². The molecule has 0 spiro atoms. The molecule has 3 N–H and O–H groups in total. The molecule has 1 aromatic heterocycles. The van der Waals surface area contributed by atoms with Crippen LogP contribution in [-0.4, -0.2) is 5.91 Å². The van der Waals surface area contributed by atoms with Gasteiger partial charge in [-0.25, -0.2) is 4.39 Å². The Labute approximate surface area is 150 Å². The van der Waals surface area contributed by atoms with Crippen molar-refractivity contribution < 1.29 is 13.6 Å². The Morgan fingerprint density at radius 3 is 2.67 bits per heavy atom. The molecule has 0 atom stereocenters. The fourth-order valence-electron chi connectivity index (χ4n) is 2.08. The van der Waals surface area contributed by atoms with Gasteiger partial charge in [0.1, 0.15) is 11.6 Å². The molecular weight excluding hydrogens is 399 g/mol. The second-order valence-electron chi connectivity index (χ2n) is 4.99. The van der Waals surface area contributed by atoms with Crippen molar-refractivity contribution in [2.24, 2.45) is 0 Å². The minimum atomic E-state index is -0.516. The molecule has 0 saturated heterocycles. The van der Waals surface area contributed by atoms with E-state index in [0.29, 0.717) is 27.2 Å². The van der Waals surface area contributed by atoms with Gasteiger partial charge in [0.05, 0.1) is 10.7 Å². The highest BCUT2D eigenvalue weighted by Gasteiger charge is 2.14. The molecule has 0 aliphatic carbocycles. The van der Waals surface area contributed by atoms with E-state index >= 15 is 0 Å². The molecule has 0 aliphatic heterocycles. The number of hydrogen-bond acceptors (Lipinski definition) is 3. The summed E-state index contributed by atoms with van der Waals surface area (Å²) in [6.07, 6.45) is 0. The first kappa shape index (κ1) is 16.5. The minimum Gasteiger partial charge on any atom is -0.451 e. The number of anilines is 2. The molecular formula is C17H11BrClFN2O2. The van der Waals surface area contributed by atoms with Crippen LogP contribution in [0.4, 0.5) is 15.8 Å². The number of hydrogen-bond donors (Lipinski definition) is 2. The number of furan rings is 1. The largest absolute Gasteiger partial charge is 0.451 e. The molecule has 0 radical (unpaired) electrons. The smallest absolute Gasteiger partial charge is 0.291 e. The van der Waals surface area contributed by atoms with Crippen LogP contribution in [0.2, 0.25) is 5.02 Å². The Balaban J connectivity index is 1.82. The van der Waals surface area contributed by atoms with Gasteiger partial charge in [-0.05, 0) is 64.5 Å².